The van der Waals surface area contributed by atoms with Crippen molar-refractivity contribution in [3.63, 3.8) is 0 Å². The number of aromatic amines is 1. The highest BCUT2D eigenvalue weighted by atomic mass is 16.5. The average molecular weight is 427 g/mol. The van der Waals surface area contributed by atoms with Crippen LogP contribution in [0, 0.1) is 5.92 Å². The van der Waals surface area contributed by atoms with E-state index in [1.807, 2.05) is 30.3 Å². The molecule has 5 rings (SSSR count). The lowest BCUT2D eigenvalue weighted by Gasteiger charge is -2.32. The number of H-pyrrole nitrogens is 1. The van der Waals surface area contributed by atoms with Crippen LogP contribution in [0.5, 0.6) is 5.75 Å². The molecule has 2 aromatic carbocycles. The Kier molecular flexibility index (Phi) is 5.58. The molecule has 0 atom stereocenters. The summed E-state index contributed by atoms with van der Waals surface area (Å²) >= 11 is 0. The molecule has 1 aliphatic heterocycles. The van der Waals surface area contributed by atoms with Crippen molar-refractivity contribution in [1.29, 1.82) is 0 Å². The summed E-state index contributed by atoms with van der Waals surface area (Å²) in [4.78, 5) is 27.4. The fourth-order valence-electron chi connectivity index (χ4n) is 4.51. The maximum absolute atomic E-state index is 13.1. The maximum atomic E-state index is 13.1. The van der Waals surface area contributed by atoms with Crippen molar-refractivity contribution in [3.05, 3.63) is 82.8 Å². The largest absolute Gasteiger partial charge is 0.497 e. The second-order valence-corrected chi connectivity index (χ2v) is 8.30. The van der Waals surface area contributed by atoms with Gasteiger partial charge < -0.3 is 9.64 Å². The predicted octanol–water partition coefficient (Wildman–Crippen LogP) is 4.45. The number of hydrogen-bond acceptors (Lipinski definition) is 5. The second-order valence-electron chi connectivity index (χ2n) is 8.30. The van der Waals surface area contributed by atoms with Gasteiger partial charge in [-0.05, 0) is 60.1 Å². The zero-order valence-electron chi connectivity index (χ0n) is 18.1. The van der Waals surface area contributed by atoms with E-state index in [0.29, 0.717) is 22.9 Å². The van der Waals surface area contributed by atoms with Crippen LogP contribution in [0.4, 0.5) is 5.95 Å². The first kappa shape index (κ1) is 20.2. The Hall–Kier alpha value is -3.67. The van der Waals surface area contributed by atoms with Gasteiger partial charge in [0.05, 0.1) is 12.5 Å². The van der Waals surface area contributed by atoms with Crippen LogP contribution in [0.2, 0.25) is 0 Å². The van der Waals surface area contributed by atoms with Crippen LogP contribution in [0.25, 0.3) is 22.2 Å². The summed E-state index contributed by atoms with van der Waals surface area (Å²) in [5.41, 5.74) is 3.46. The molecule has 162 valence electrons. The van der Waals surface area contributed by atoms with Gasteiger partial charge in [0.2, 0.25) is 5.95 Å². The number of fused-ring (bicyclic) bond motifs is 1. The number of aromatic nitrogens is 3. The summed E-state index contributed by atoms with van der Waals surface area (Å²) in [6, 6.07) is 20.2. The fraction of sp³-hybridized carbons (Fsp3) is 0.269. The van der Waals surface area contributed by atoms with Crippen LogP contribution in [-0.2, 0) is 6.42 Å². The van der Waals surface area contributed by atoms with E-state index in [1.165, 1.54) is 5.56 Å². The average Bonchev–Trinajstić information content (AvgIpc) is 2.85. The first-order valence-corrected chi connectivity index (χ1v) is 11.0. The highest BCUT2D eigenvalue weighted by Gasteiger charge is 2.22. The molecule has 6 heteroatoms. The Morgan fingerprint density at radius 2 is 1.78 bits per heavy atom. The number of pyridine rings is 1. The van der Waals surface area contributed by atoms with E-state index in [0.717, 1.165) is 49.2 Å². The van der Waals surface area contributed by atoms with Gasteiger partial charge in [0, 0.05) is 19.3 Å². The molecule has 6 nitrogen and oxygen atoms in total. The van der Waals surface area contributed by atoms with Crippen molar-refractivity contribution in [1.82, 2.24) is 15.0 Å². The minimum Gasteiger partial charge on any atom is -0.497 e. The number of nitrogens with one attached hydrogen (secondary N) is 1. The lowest BCUT2D eigenvalue weighted by molar-refractivity contribution is 0.400. The third-order valence-corrected chi connectivity index (χ3v) is 6.28. The SMILES string of the molecule is COc1ccc(-c2ccnc3nc(N4CCC(Cc5ccccc5)CC4)[nH]c(=O)c23)cc1. The molecule has 4 aromatic rings. The zero-order chi connectivity index (χ0) is 21.9. The number of benzene rings is 2. The Bertz CT molecular complexity index is 1260. The minimum absolute atomic E-state index is 0.157. The molecule has 0 bridgehead atoms. The van der Waals surface area contributed by atoms with Crippen LogP contribution in [-0.4, -0.2) is 35.2 Å². The number of hydrogen-bond donors (Lipinski definition) is 1. The summed E-state index contributed by atoms with van der Waals surface area (Å²) in [5, 5.41) is 0.514. The van der Waals surface area contributed by atoms with E-state index in [2.05, 4.69) is 45.2 Å². The normalized spacial score (nSPS) is 14.6. The van der Waals surface area contributed by atoms with Crippen LogP contribution in [0.15, 0.2) is 71.7 Å². The van der Waals surface area contributed by atoms with Crippen molar-refractivity contribution >= 4 is 17.0 Å². The van der Waals surface area contributed by atoms with E-state index in [4.69, 9.17) is 9.72 Å². The molecule has 2 aromatic heterocycles. The van der Waals surface area contributed by atoms with E-state index in [9.17, 15) is 4.79 Å². The van der Waals surface area contributed by atoms with Crippen molar-refractivity contribution in [2.45, 2.75) is 19.3 Å². The van der Waals surface area contributed by atoms with E-state index in [1.54, 1.807) is 13.3 Å². The monoisotopic (exact) mass is 426 g/mol. The number of methoxy groups -OCH3 is 1. The van der Waals surface area contributed by atoms with E-state index < -0.39 is 0 Å². The first-order valence-electron chi connectivity index (χ1n) is 11.0. The highest BCUT2D eigenvalue weighted by molar-refractivity contribution is 5.92. The Labute approximate surface area is 186 Å². The van der Waals surface area contributed by atoms with Crippen molar-refractivity contribution < 1.29 is 4.74 Å². The molecule has 1 fully saturated rings. The van der Waals surface area contributed by atoms with Crippen LogP contribution >= 0.6 is 0 Å². The smallest absolute Gasteiger partial charge is 0.262 e. The van der Waals surface area contributed by atoms with Gasteiger partial charge in [-0.1, -0.05) is 42.5 Å². The fourth-order valence-corrected chi connectivity index (χ4v) is 4.51. The minimum atomic E-state index is -0.157. The molecule has 0 aliphatic carbocycles. The summed E-state index contributed by atoms with van der Waals surface area (Å²) < 4.78 is 5.24. The summed E-state index contributed by atoms with van der Waals surface area (Å²) in [6.07, 6.45) is 4.97. The first-order chi connectivity index (χ1) is 15.7. The molecule has 1 N–H and O–H groups in total. The van der Waals surface area contributed by atoms with E-state index >= 15 is 0 Å². The van der Waals surface area contributed by atoms with Gasteiger partial charge in [-0.15, -0.1) is 0 Å². The summed E-state index contributed by atoms with van der Waals surface area (Å²) in [7, 11) is 1.64. The number of nitrogens with zero attached hydrogens (tertiary/aromatic N) is 3. The Morgan fingerprint density at radius 1 is 1.03 bits per heavy atom. The molecule has 0 spiro atoms. The van der Waals surface area contributed by atoms with Crippen LogP contribution < -0.4 is 15.2 Å². The van der Waals surface area contributed by atoms with E-state index in [-0.39, 0.29) is 5.56 Å². The topological polar surface area (TPSA) is 71.1 Å². The van der Waals surface area contributed by atoms with Crippen molar-refractivity contribution in [3.8, 4) is 16.9 Å². The van der Waals surface area contributed by atoms with Gasteiger partial charge in [0.25, 0.3) is 5.56 Å². The van der Waals surface area contributed by atoms with Crippen LogP contribution in [0.1, 0.15) is 18.4 Å². The van der Waals surface area contributed by atoms with Gasteiger partial charge in [-0.3, -0.25) is 9.78 Å². The third kappa shape index (κ3) is 4.08. The molecule has 0 amide bonds. The van der Waals surface area contributed by atoms with Gasteiger partial charge in [0.1, 0.15) is 5.75 Å². The molecular weight excluding hydrogens is 400 g/mol. The highest BCUT2D eigenvalue weighted by Crippen LogP contribution is 2.28. The molecule has 3 heterocycles. The molecule has 1 aliphatic rings. The number of piperidine rings is 1. The molecule has 0 radical (unpaired) electrons. The molecule has 1 saturated heterocycles. The van der Waals surface area contributed by atoms with Gasteiger partial charge in [-0.2, -0.15) is 4.98 Å². The lowest BCUT2D eigenvalue weighted by atomic mass is 9.90. The Balaban J connectivity index is 1.37. The molecule has 32 heavy (non-hydrogen) atoms. The molecule has 0 saturated carbocycles. The van der Waals surface area contributed by atoms with Gasteiger partial charge >= 0.3 is 0 Å². The summed E-state index contributed by atoms with van der Waals surface area (Å²) in [6.45, 7) is 1.76. The molecular formula is C26H26N4O2. The van der Waals surface area contributed by atoms with Crippen LogP contribution in [0.3, 0.4) is 0 Å². The number of rotatable bonds is 5. The van der Waals surface area contributed by atoms with Crippen molar-refractivity contribution in [2.24, 2.45) is 5.92 Å². The maximum Gasteiger partial charge on any atom is 0.262 e. The van der Waals surface area contributed by atoms with Gasteiger partial charge in [0.15, 0.2) is 5.65 Å². The third-order valence-electron chi connectivity index (χ3n) is 6.28. The number of ether oxygens (including phenoxy) is 1. The Morgan fingerprint density at radius 3 is 2.50 bits per heavy atom. The predicted molar refractivity (Wildman–Crippen MR) is 127 cm³/mol. The zero-order valence-corrected chi connectivity index (χ0v) is 18.1. The second kappa shape index (κ2) is 8.83. The lowest BCUT2D eigenvalue weighted by Crippen LogP contribution is -2.36. The van der Waals surface area contributed by atoms with Crippen molar-refractivity contribution in [2.75, 3.05) is 25.1 Å². The van der Waals surface area contributed by atoms with Gasteiger partial charge in [-0.25, -0.2) is 4.98 Å². The quantitative estimate of drug-likeness (QED) is 0.510. The standard InChI is InChI=1S/C26H26N4O2/c1-32-21-9-7-20(8-10-21)22-11-14-27-24-23(22)25(31)29-26(28-24)30-15-12-19(13-16-30)17-18-5-3-2-4-6-18/h2-11,14,19H,12-13,15-17H2,1H3,(H,27,28,29,31). The summed E-state index contributed by atoms with van der Waals surface area (Å²) in [5.74, 6) is 2.04. The number of anilines is 1. The molecule has 0 unspecified atom stereocenters.